The van der Waals surface area contributed by atoms with Gasteiger partial charge in [-0.25, -0.2) is 4.68 Å². The van der Waals surface area contributed by atoms with Gasteiger partial charge >= 0.3 is 0 Å². The number of hydrogen-bond acceptors (Lipinski definition) is 4. The smallest absolute Gasteiger partial charge is 0.276 e. The number of nitrogens with one attached hydrogen (secondary N) is 1. The zero-order valence-corrected chi connectivity index (χ0v) is 16.1. The molecule has 1 aromatic rings. The summed E-state index contributed by atoms with van der Waals surface area (Å²) < 4.78 is 1.82. The third-order valence-corrected chi connectivity index (χ3v) is 4.87. The maximum Gasteiger partial charge on any atom is 0.276 e. The number of carbonyl (C=O) groups is 2. The summed E-state index contributed by atoms with van der Waals surface area (Å²) in [5.41, 5.74) is 0.0504. The van der Waals surface area contributed by atoms with Crippen molar-refractivity contribution in [2.75, 3.05) is 13.1 Å². The van der Waals surface area contributed by atoms with Gasteiger partial charge in [0.2, 0.25) is 5.91 Å². The van der Waals surface area contributed by atoms with Crippen molar-refractivity contribution >= 4 is 11.8 Å². The van der Waals surface area contributed by atoms with Crippen molar-refractivity contribution < 1.29 is 9.59 Å². The number of nitrogens with zero attached hydrogens (tertiary/aromatic N) is 4. The van der Waals surface area contributed by atoms with Gasteiger partial charge in [0.1, 0.15) is 0 Å². The van der Waals surface area contributed by atoms with Crippen molar-refractivity contribution in [2.24, 2.45) is 5.41 Å². The molecule has 25 heavy (non-hydrogen) atoms. The van der Waals surface area contributed by atoms with Crippen molar-refractivity contribution in [1.29, 1.82) is 0 Å². The first-order valence-corrected chi connectivity index (χ1v) is 9.28. The van der Waals surface area contributed by atoms with E-state index < -0.39 is 0 Å². The molecule has 1 aliphatic carbocycles. The van der Waals surface area contributed by atoms with E-state index in [1.807, 2.05) is 39.3 Å². The van der Waals surface area contributed by atoms with Crippen LogP contribution in [-0.2, 0) is 4.79 Å². The van der Waals surface area contributed by atoms with Crippen LogP contribution in [0.1, 0.15) is 76.8 Å². The molecule has 0 bridgehead atoms. The van der Waals surface area contributed by atoms with E-state index in [0.29, 0.717) is 18.8 Å². The molecule has 1 fully saturated rings. The van der Waals surface area contributed by atoms with E-state index in [0.717, 1.165) is 25.7 Å². The Labute approximate surface area is 150 Å². The highest BCUT2D eigenvalue weighted by atomic mass is 16.2. The minimum absolute atomic E-state index is 0.0672. The molecular weight excluding hydrogens is 318 g/mol. The van der Waals surface area contributed by atoms with Gasteiger partial charge in [-0.15, -0.1) is 5.10 Å². The van der Waals surface area contributed by atoms with E-state index in [1.165, 1.54) is 0 Å². The van der Waals surface area contributed by atoms with Gasteiger partial charge < -0.3 is 10.2 Å². The molecule has 1 N–H and O–H groups in total. The summed E-state index contributed by atoms with van der Waals surface area (Å²) in [6.45, 7) is 11.0. The van der Waals surface area contributed by atoms with Gasteiger partial charge in [-0.2, -0.15) is 0 Å². The second-order valence-corrected chi connectivity index (χ2v) is 7.79. The molecule has 0 unspecified atom stereocenters. The number of amides is 2. The molecule has 1 saturated carbocycles. The minimum atomic E-state index is -0.359. The summed E-state index contributed by atoms with van der Waals surface area (Å²) in [7, 11) is 0. The SMILES string of the molecule is CCN(CC)C(=O)c1cn(C2CCC(NC(=O)C(C)(C)C)CC2)nn1. The average molecular weight is 349 g/mol. The summed E-state index contributed by atoms with van der Waals surface area (Å²) in [6, 6.07) is 0.469. The largest absolute Gasteiger partial charge is 0.353 e. The van der Waals surface area contributed by atoms with Gasteiger partial charge in [0, 0.05) is 24.5 Å². The molecule has 1 aromatic heterocycles. The van der Waals surface area contributed by atoms with Gasteiger partial charge in [-0.3, -0.25) is 9.59 Å². The zero-order chi connectivity index (χ0) is 18.6. The van der Waals surface area contributed by atoms with Gasteiger partial charge in [-0.1, -0.05) is 26.0 Å². The Morgan fingerprint density at radius 2 is 1.80 bits per heavy atom. The molecule has 2 rings (SSSR count). The molecule has 2 amide bonds. The van der Waals surface area contributed by atoms with Crippen LogP contribution in [0.3, 0.4) is 0 Å². The van der Waals surface area contributed by atoms with Crippen LogP contribution in [0, 0.1) is 5.41 Å². The second kappa shape index (κ2) is 7.97. The summed E-state index contributed by atoms with van der Waals surface area (Å²) in [5, 5.41) is 11.4. The van der Waals surface area contributed by atoms with Crippen LogP contribution in [0.2, 0.25) is 0 Å². The van der Waals surface area contributed by atoms with Crippen LogP contribution in [0.25, 0.3) is 0 Å². The lowest BCUT2D eigenvalue weighted by atomic mass is 9.89. The maximum atomic E-state index is 12.3. The standard InChI is InChI=1S/C18H31N5O2/c1-6-22(7-2)16(24)15-12-23(21-20-15)14-10-8-13(9-11-14)19-17(25)18(3,4)5/h12-14H,6-11H2,1-5H3,(H,19,25). The molecule has 140 valence electrons. The number of aromatic nitrogens is 3. The minimum Gasteiger partial charge on any atom is -0.353 e. The lowest BCUT2D eigenvalue weighted by Crippen LogP contribution is -2.43. The van der Waals surface area contributed by atoms with E-state index in [-0.39, 0.29) is 29.3 Å². The van der Waals surface area contributed by atoms with Crippen molar-refractivity contribution in [3.63, 3.8) is 0 Å². The zero-order valence-electron chi connectivity index (χ0n) is 16.1. The van der Waals surface area contributed by atoms with Crippen LogP contribution < -0.4 is 5.32 Å². The normalized spacial score (nSPS) is 21.0. The highest BCUT2D eigenvalue weighted by Crippen LogP contribution is 2.28. The number of carbonyl (C=O) groups excluding carboxylic acids is 2. The topological polar surface area (TPSA) is 80.1 Å². The fourth-order valence-corrected chi connectivity index (χ4v) is 3.11. The average Bonchev–Trinajstić information content (AvgIpc) is 3.05. The number of hydrogen-bond donors (Lipinski definition) is 1. The summed E-state index contributed by atoms with van der Waals surface area (Å²) in [6.07, 6.45) is 5.46. The van der Waals surface area contributed by atoms with Crippen molar-refractivity contribution in [2.45, 2.75) is 72.4 Å². The van der Waals surface area contributed by atoms with E-state index in [4.69, 9.17) is 0 Å². The highest BCUT2D eigenvalue weighted by molar-refractivity contribution is 5.91. The molecule has 1 heterocycles. The Bertz CT molecular complexity index is 593. The molecule has 0 saturated heterocycles. The highest BCUT2D eigenvalue weighted by Gasteiger charge is 2.28. The molecule has 0 atom stereocenters. The van der Waals surface area contributed by atoms with Gasteiger partial charge in [0.25, 0.3) is 5.91 Å². The molecular formula is C18H31N5O2. The van der Waals surface area contributed by atoms with Crippen LogP contribution in [0.5, 0.6) is 0 Å². The summed E-state index contributed by atoms with van der Waals surface area (Å²) >= 11 is 0. The third kappa shape index (κ3) is 4.80. The van der Waals surface area contributed by atoms with E-state index >= 15 is 0 Å². The summed E-state index contributed by atoms with van der Waals surface area (Å²) in [5.74, 6) is 0.0335. The lowest BCUT2D eigenvalue weighted by Gasteiger charge is -2.31. The molecule has 0 spiro atoms. The first kappa shape index (κ1) is 19.4. The van der Waals surface area contributed by atoms with E-state index in [9.17, 15) is 9.59 Å². The molecule has 0 aromatic carbocycles. The predicted octanol–water partition coefficient (Wildman–Crippen LogP) is 2.41. The Hall–Kier alpha value is -1.92. The van der Waals surface area contributed by atoms with Crippen molar-refractivity contribution in [3.05, 3.63) is 11.9 Å². The number of rotatable bonds is 5. The van der Waals surface area contributed by atoms with Crippen LogP contribution in [0.4, 0.5) is 0 Å². The van der Waals surface area contributed by atoms with Crippen LogP contribution >= 0.6 is 0 Å². The molecule has 7 nitrogen and oxygen atoms in total. The molecule has 0 aliphatic heterocycles. The van der Waals surface area contributed by atoms with Crippen molar-refractivity contribution in [3.8, 4) is 0 Å². The Kier molecular flexibility index (Phi) is 6.19. The van der Waals surface area contributed by atoms with Gasteiger partial charge in [0.05, 0.1) is 12.2 Å². The monoisotopic (exact) mass is 349 g/mol. The van der Waals surface area contributed by atoms with Gasteiger partial charge in [-0.05, 0) is 39.5 Å². The first-order chi connectivity index (χ1) is 11.8. The molecule has 7 heteroatoms. The van der Waals surface area contributed by atoms with Crippen molar-refractivity contribution in [1.82, 2.24) is 25.2 Å². The predicted molar refractivity (Wildman–Crippen MR) is 96.2 cm³/mol. The van der Waals surface area contributed by atoms with E-state index in [2.05, 4.69) is 15.6 Å². The van der Waals surface area contributed by atoms with E-state index in [1.54, 1.807) is 11.1 Å². The lowest BCUT2D eigenvalue weighted by molar-refractivity contribution is -0.129. The van der Waals surface area contributed by atoms with Crippen LogP contribution in [0.15, 0.2) is 6.20 Å². The Morgan fingerprint density at radius 3 is 2.32 bits per heavy atom. The quantitative estimate of drug-likeness (QED) is 0.885. The molecule has 1 aliphatic rings. The third-order valence-electron chi connectivity index (χ3n) is 4.87. The Balaban J connectivity index is 1.91. The fourth-order valence-electron chi connectivity index (χ4n) is 3.11. The van der Waals surface area contributed by atoms with Gasteiger partial charge in [0.15, 0.2) is 5.69 Å². The fraction of sp³-hybridized carbons (Fsp3) is 0.778. The Morgan fingerprint density at radius 1 is 1.20 bits per heavy atom. The first-order valence-electron chi connectivity index (χ1n) is 9.28. The summed E-state index contributed by atoms with van der Waals surface area (Å²) in [4.78, 5) is 26.2. The second-order valence-electron chi connectivity index (χ2n) is 7.79. The maximum absolute atomic E-state index is 12.3. The molecule has 0 radical (unpaired) electrons. The van der Waals surface area contributed by atoms with Crippen LogP contribution in [-0.4, -0.2) is 50.8 Å².